The van der Waals surface area contributed by atoms with Crippen molar-refractivity contribution in [3.05, 3.63) is 58.9 Å². The fraction of sp³-hybridized carbons (Fsp3) is 0.389. The summed E-state index contributed by atoms with van der Waals surface area (Å²) in [6.45, 7) is 2.85. The van der Waals surface area contributed by atoms with E-state index in [2.05, 4.69) is 4.98 Å². The van der Waals surface area contributed by atoms with Crippen LogP contribution in [0.5, 0.6) is 5.75 Å². The first-order valence-corrected chi connectivity index (χ1v) is 10.2. The third-order valence-electron chi connectivity index (χ3n) is 4.23. The molecule has 1 saturated heterocycles. The lowest BCUT2D eigenvalue weighted by atomic mass is 10.1. The third-order valence-corrected chi connectivity index (χ3v) is 6.33. The van der Waals surface area contributed by atoms with E-state index in [4.69, 9.17) is 16.3 Å². The van der Waals surface area contributed by atoms with Crippen LogP contribution in [0.3, 0.4) is 0 Å². The summed E-state index contributed by atoms with van der Waals surface area (Å²) in [7, 11) is -3.38. The lowest BCUT2D eigenvalue weighted by molar-refractivity contribution is 0.129. The number of nitrogens with zero attached hydrogens (tertiary/aromatic N) is 2. The van der Waals surface area contributed by atoms with E-state index < -0.39 is 10.0 Å². The van der Waals surface area contributed by atoms with Crippen LogP contribution in [0.2, 0.25) is 5.02 Å². The van der Waals surface area contributed by atoms with E-state index >= 15 is 0 Å². The molecule has 0 amide bonds. The molecule has 1 aromatic carbocycles. The summed E-state index contributed by atoms with van der Waals surface area (Å²) in [6, 6.07) is 9.28. The Balaban J connectivity index is 1.67. The molecule has 0 aliphatic carbocycles. The lowest BCUT2D eigenvalue weighted by Crippen LogP contribution is -2.44. The second-order valence-electron chi connectivity index (χ2n) is 6.29. The number of halogens is 1. The van der Waals surface area contributed by atoms with Crippen molar-refractivity contribution in [2.45, 2.75) is 31.6 Å². The normalized spacial score (nSPS) is 18.9. The van der Waals surface area contributed by atoms with Crippen molar-refractivity contribution >= 4 is 21.6 Å². The summed E-state index contributed by atoms with van der Waals surface area (Å²) in [5, 5.41) is 0.433. The molecule has 0 radical (unpaired) electrons. The van der Waals surface area contributed by atoms with Crippen LogP contribution in [0.4, 0.5) is 0 Å². The highest BCUT2D eigenvalue weighted by molar-refractivity contribution is 7.88. The van der Waals surface area contributed by atoms with Crippen molar-refractivity contribution < 1.29 is 13.2 Å². The quantitative estimate of drug-likeness (QED) is 0.797. The fourth-order valence-corrected chi connectivity index (χ4v) is 4.64. The average molecular weight is 381 g/mol. The van der Waals surface area contributed by atoms with Gasteiger partial charge in [-0.2, -0.15) is 4.31 Å². The molecule has 134 valence electrons. The van der Waals surface area contributed by atoms with Crippen LogP contribution in [0, 0.1) is 6.92 Å². The van der Waals surface area contributed by atoms with Gasteiger partial charge >= 0.3 is 0 Å². The van der Waals surface area contributed by atoms with E-state index in [9.17, 15) is 8.42 Å². The fourth-order valence-electron chi connectivity index (χ4n) is 2.88. The van der Waals surface area contributed by atoms with E-state index in [1.54, 1.807) is 12.3 Å². The summed E-state index contributed by atoms with van der Waals surface area (Å²) in [6.07, 6.45) is 4.48. The number of pyridine rings is 1. The van der Waals surface area contributed by atoms with Gasteiger partial charge in [0.25, 0.3) is 0 Å². The monoisotopic (exact) mass is 380 g/mol. The van der Waals surface area contributed by atoms with Gasteiger partial charge in [0.15, 0.2) is 0 Å². The molecule has 1 aliphatic rings. The lowest BCUT2D eigenvalue weighted by Gasteiger charge is -2.32. The highest BCUT2D eigenvalue weighted by Crippen LogP contribution is 2.26. The van der Waals surface area contributed by atoms with Crippen LogP contribution in [0.25, 0.3) is 0 Å². The van der Waals surface area contributed by atoms with Gasteiger partial charge in [0, 0.05) is 25.0 Å². The Morgan fingerprint density at radius 3 is 2.76 bits per heavy atom. The van der Waals surface area contributed by atoms with Gasteiger partial charge in [-0.15, -0.1) is 0 Å². The number of hydrogen-bond acceptors (Lipinski definition) is 4. The Bertz CT molecular complexity index is 824. The molecule has 7 heteroatoms. The van der Waals surface area contributed by atoms with Crippen LogP contribution in [-0.2, 0) is 15.8 Å². The molecule has 3 rings (SSSR count). The number of rotatable bonds is 5. The van der Waals surface area contributed by atoms with Gasteiger partial charge in [-0.05, 0) is 25.3 Å². The Labute approximate surface area is 153 Å². The first-order valence-electron chi connectivity index (χ1n) is 8.23. The zero-order chi connectivity index (χ0) is 17.9. The van der Waals surface area contributed by atoms with Gasteiger partial charge < -0.3 is 4.74 Å². The summed E-state index contributed by atoms with van der Waals surface area (Å²) in [4.78, 5) is 3.93. The summed E-state index contributed by atoms with van der Waals surface area (Å²) >= 11 is 6.07. The van der Waals surface area contributed by atoms with Crippen molar-refractivity contribution in [3.63, 3.8) is 0 Å². The minimum atomic E-state index is -3.38. The van der Waals surface area contributed by atoms with Gasteiger partial charge in [0.1, 0.15) is 16.9 Å². The van der Waals surface area contributed by atoms with Crippen molar-refractivity contribution in [1.82, 2.24) is 9.29 Å². The molecule has 0 saturated carbocycles. The standard InChI is InChI=1S/C18H21ClN2O3S/c1-14-4-6-15(7-5-14)13-25(22,23)21-10-2-3-16(12-21)24-18-8-9-20-11-17(18)19/h4-9,11,16H,2-3,10,12-13H2,1H3. The van der Waals surface area contributed by atoms with E-state index in [-0.39, 0.29) is 11.9 Å². The molecule has 1 aliphatic heterocycles. The Hall–Kier alpha value is -1.63. The number of aromatic nitrogens is 1. The molecular formula is C18H21ClN2O3S. The zero-order valence-corrected chi connectivity index (χ0v) is 15.6. The largest absolute Gasteiger partial charge is 0.487 e. The van der Waals surface area contributed by atoms with Crippen molar-refractivity contribution in [2.75, 3.05) is 13.1 Å². The summed E-state index contributed by atoms with van der Waals surface area (Å²) in [5.74, 6) is 0.551. The molecule has 25 heavy (non-hydrogen) atoms. The Kier molecular flexibility index (Phi) is 5.61. The topological polar surface area (TPSA) is 59.5 Å². The first kappa shape index (κ1) is 18.2. The van der Waals surface area contributed by atoms with Crippen LogP contribution in [0.1, 0.15) is 24.0 Å². The van der Waals surface area contributed by atoms with Crippen LogP contribution < -0.4 is 4.74 Å². The van der Waals surface area contributed by atoms with Crippen molar-refractivity contribution in [1.29, 1.82) is 0 Å². The summed E-state index contributed by atoms with van der Waals surface area (Å²) in [5.41, 5.74) is 1.91. The highest BCUT2D eigenvalue weighted by atomic mass is 35.5. The predicted octanol–water partition coefficient (Wildman–Crippen LogP) is 3.42. The van der Waals surface area contributed by atoms with Gasteiger partial charge in [0.05, 0.1) is 12.3 Å². The van der Waals surface area contributed by atoms with Gasteiger partial charge in [-0.3, -0.25) is 4.98 Å². The zero-order valence-electron chi connectivity index (χ0n) is 14.1. The SMILES string of the molecule is Cc1ccc(CS(=O)(=O)N2CCCC(Oc3ccncc3Cl)C2)cc1. The number of aryl methyl sites for hydroxylation is 1. The number of piperidine rings is 1. The first-order chi connectivity index (χ1) is 11.9. The molecular weight excluding hydrogens is 360 g/mol. The highest BCUT2D eigenvalue weighted by Gasteiger charge is 2.30. The van der Waals surface area contributed by atoms with Crippen molar-refractivity contribution in [3.8, 4) is 5.75 Å². The second-order valence-corrected chi connectivity index (χ2v) is 8.66. The molecule has 5 nitrogen and oxygen atoms in total. The third kappa shape index (κ3) is 4.71. The van der Waals surface area contributed by atoms with Gasteiger partial charge in [-0.25, -0.2) is 8.42 Å². The molecule has 1 aromatic heterocycles. The molecule has 0 spiro atoms. The molecule has 1 atom stereocenters. The van der Waals surface area contributed by atoms with Crippen LogP contribution >= 0.6 is 11.6 Å². The van der Waals surface area contributed by atoms with Crippen molar-refractivity contribution in [2.24, 2.45) is 0 Å². The van der Waals surface area contributed by atoms with Crippen LogP contribution in [-0.4, -0.2) is 36.9 Å². The number of ether oxygens (including phenoxy) is 1. The molecule has 1 fully saturated rings. The van der Waals surface area contributed by atoms with Gasteiger partial charge in [-0.1, -0.05) is 41.4 Å². The van der Waals surface area contributed by atoms with E-state index in [1.807, 2.05) is 31.2 Å². The van der Waals surface area contributed by atoms with E-state index in [0.29, 0.717) is 23.9 Å². The minimum absolute atomic E-state index is 0.00993. The Morgan fingerprint density at radius 2 is 2.04 bits per heavy atom. The Morgan fingerprint density at radius 1 is 1.28 bits per heavy atom. The maximum atomic E-state index is 12.7. The smallest absolute Gasteiger partial charge is 0.218 e. The van der Waals surface area contributed by atoms with E-state index in [0.717, 1.165) is 24.0 Å². The molecule has 2 aromatic rings. The molecule has 0 bridgehead atoms. The molecule has 1 unspecified atom stereocenters. The number of benzene rings is 1. The maximum absolute atomic E-state index is 12.7. The maximum Gasteiger partial charge on any atom is 0.218 e. The van der Waals surface area contributed by atoms with Gasteiger partial charge in [0.2, 0.25) is 10.0 Å². The van der Waals surface area contributed by atoms with E-state index in [1.165, 1.54) is 10.5 Å². The second kappa shape index (κ2) is 7.72. The van der Waals surface area contributed by atoms with Crippen LogP contribution in [0.15, 0.2) is 42.7 Å². The minimum Gasteiger partial charge on any atom is -0.487 e. The molecule has 2 heterocycles. The average Bonchev–Trinajstić information content (AvgIpc) is 2.59. The molecule has 0 N–H and O–H groups in total. The predicted molar refractivity (Wildman–Crippen MR) is 98.3 cm³/mol. The summed E-state index contributed by atoms with van der Waals surface area (Å²) < 4.78 is 32.9. The number of hydrogen-bond donors (Lipinski definition) is 0. The number of sulfonamides is 1.